The van der Waals surface area contributed by atoms with Crippen molar-refractivity contribution in [1.82, 2.24) is 14.8 Å². The maximum atomic E-state index is 12.0. The summed E-state index contributed by atoms with van der Waals surface area (Å²) in [5.74, 6) is 1.25. The SMILES string of the molecule is COc1ccc2ncc(CN3CCOCC3)c(CCCC3(CC(=O)O)CCN(CCSc4cccs4)CC3)c2c1. The van der Waals surface area contributed by atoms with E-state index in [1.807, 2.05) is 30.1 Å². The maximum Gasteiger partial charge on any atom is 0.303 e. The molecule has 7 nitrogen and oxygen atoms in total. The van der Waals surface area contributed by atoms with Gasteiger partial charge < -0.3 is 19.5 Å². The van der Waals surface area contributed by atoms with E-state index in [4.69, 9.17) is 14.5 Å². The highest BCUT2D eigenvalue weighted by molar-refractivity contribution is 8.01. The van der Waals surface area contributed by atoms with Crippen LogP contribution in [0, 0.1) is 5.41 Å². The molecule has 5 rings (SSSR count). The number of thioether (sulfide) groups is 1. The number of hydrogen-bond acceptors (Lipinski definition) is 8. The zero-order chi connectivity index (χ0) is 27.8. The first kappa shape index (κ1) is 29.3. The zero-order valence-corrected chi connectivity index (χ0v) is 25.1. The number of aryl methyl sites for hydroxylation is 1. The van der Waals surface area contributed by atoms with Gasteiger partial charge in [0.15, 0.2) is 0 Å². The number of aromatic nitrogens is 1. The van der Waals surface area contributed by atoms with E-state index in [9.17, 15) is 9.90 Å². The monoisotopic (exact) mass is 583 g/mol. The molecule has 0 radical (unpaired) electrons. The molecule has 2 aliphatic heterocycles. The van der Waals surface area contributed by atoms with Gasteiger partial charge in [0.1, 0.15) is 5.75 Å². The van der Waals surface area contributed by atoms with Crippen LogP contribution in [0.2, 0.25) is 0 Å². The molecule has 2 aromatic heterocycles. The van der Waals surface area contributed by atoms with E-state index < -0.39 is 5.97 Å². The average Bonchev–Trinajstić information content (AvgIpc) is 3.49. The largest absolute Gasteiger partial charge is 0.497 e. The third kappa shape index (κ3) is 7.76. The fraction of sp³-hybridized carbons (Fsp3) is 0.548. The number of pyridine rings is 1. The summed E-state index contributed by atoms with van der Waals surface area (Å²) in [6, 6.07) is 10.4. The van der Waals surface area contributed by atoms with Crippen molar-refractivity contribution in [3.63, 3.8) is 0 Å². The molecule has 2 saturated heterocycles. The predicted molar refractivity (Wildman–Crippen MR) is 163 cm³/mol. The van der Waals surface area contributed by atoms with Crippen molar-refractivity contribution in [3.8, 4) is 5.75 Å². The highest BCUT2D eigenvalue weighted by atomic mass is 32.2. The van der Waals surface area contributed by atoms with Gasteiger partial charge in [0.25, 0.3) is 0 Å². The van der Waals surface area contributed by atoms with E-state index in [0.29, 0.717) is 0 Å². The van der Waals surface area contributed by atoms with Crippen LogP contribution in [0.1, 0.15) is 43.2 Å². The first-order valence-electron chi connectivity index (χ1n) is 14.4. The Bertz CT molecular complexity index is 1240. The van der Waals surface area contributed by atoms with Gasteiger partial charge in [0, 0.05) is 43.5 Å². The molecule has 0 amide bonds. The molecule has 0 atom stereocenters. The van der Waals surface area contributed by atoms with Crippen molar-refractivity contribution in [2.24, 2.45) is 5.41 Å². The molecule has 0 unspecified atom stereocenters. The van der Waals surface area contributed by atoms with Crippen molar-refractivity contribution >= 4 is 40.0 Å². The minimum absolute atomic E-state index is 0.131. The summed E-state index contributed by atoms with van der Waals surface area (Å²) in [6.07, 6.45) is 7.02. The Morgan fingerprint density at radius 2 is 2.00 bits per heavy atom. The Morgan fingerprint density at radius 1 is 1.18 bits per heavy atom. The average molecular weight is 584 g/mol. The number of fused-ring (bicyclic) bond motifs is 1. The van der Waals surface area contributed by atoms with Crippen LogP contribution < -0.4 is 4.74 Å². The van der Waals surface area contributed by atoms with Crippen LogP contribution in [0.15, 0.2) is 46.1 Å². The number of carbonyl (C=O) groups is 1. The number of hydrogen-bond donors (Lipinski definition) is 1. The second-order valence-corrected chi connectivity index (χ2v) is 13.4. The molecule has 0 bridgehead atoms. The van der Waals surface area contributed by atoms with E-state index in [0.717, 1.165) is 107 Å². The molecule has 4 heterocycles. The summed E-state index contributed by atoms with van der Waals surface area (Å²) in [5.41, 5.74) is 3.43. The number of carboxylic acids is 1. The summed E-state index contributed by atoms with van der Waals surface area (Å²) in [5, 5.41) is 13.1. The lowest BCUT2D eigenvalue weighted by atomic mass is 9.72. The molecular weight excluding hydrogens is 542 g/mol. The Hall–Kier alpha value is -2.17. The second-order valence-electron chi connectivity index (χ2n) is 11.1. The van der Waals surface area contributed by atoms with Crippen molar-refractivity contribution < 1.29 is 19.4 Å². The van der Waals surface area contributed by atoms with Crippen LogP contribution in [-0.4, -0.2) is 84.7 Å². The molecule has 1 aromatic carbocycles. The number of rotatable bonds is 13. The number of ether oxygens (including phenoxy) is 2. The minimum Gasteiger partial charge on any atom is -0.497 e. The van der Waals surface area contributed by atoms with Gasteiger partial charge in [-0.1, -0.05) is 6.07 Å². The highest BCUT2D eigenvalue weighted by Gasteiger charge is 2.36. The van der Waals surface area contributed by atoms with E-state index in [1.165, 1.54) is 15.3 Å². The van der Waals surface area contributed by atoms with Crippen molar-refractivity contribution in [3.05, 3.63) is 53.0 Å². The first-order chi connectivity index (χ1) is 19.5. The van der Waals surface area contributed by atoms with E-state index in [-0.39, 0.29) is 11.8 Å². The van der Waals surface area contributed by atoms with Gasteiger partial charge in [0.2, 0.25) is 0 Å². The molecule has 0 aliphatic carbocycles. The Morgan fingerprint density at radius 3 is 2.73 bits per heavy atom. The molecule has 2 aliphatic rings. The Balaban J connectivity index is 1.25. The van der Waals surface area contributed by atoms with E-state index in [2.05, 4.69) is 33.4 Å². The fourth-order valence-corrected chi connectivity index (χ4v) is 8.04. The van der Waals surface area contributed by atoms with Crippen LogP contribution in [-0.2, 0) is 22.5 Å². The number of benzene rings is 1. The summed E-state index contributed by atoms with van der Waals surface area (Å²) in [7, 11) is 1.70. The molecular formula is C31H41N3O4S2. The number of piperidine rings is 1. The van der Waals surface area contributed by atoms with Crippen LogP contribution in [0.4, 0.5) is 0 Å². The number of nitrogens with zero attached hydrogens (tertiary/aromatic N) is 3. The number of aliphatic carboxylic acids is 1. The number of thiophene rings is 1. The molecule has 3 aromatic rings. The lowest BCUT2D eigenvalue weighted by Crippen LogP contribution is -2.42. The number of methoxy groups -OCH3 is 1. The van der Waals surface area contributed by atoms with Gasteiger partial charge in [-0.25, -0.2) is 0 Å². The standard InChI is InChI=1S/C31H41N3O4S2/c1-37-25-6-7-28-27(20-25)26(24(22-32-28)23-34-13-16-38-17-14-34)4-2-8-31(21-29(35)36)9-11-33(12-10-31)15-19-40-30-5-3-18-39-30/h3,5-7,18,20,22H,2,4,8-17,19,21,23H2,1H3,(H,35,36). The third-order valence-corrected chi connectivity index (χ3v) is 10.6. The molecule has 0 spiro atoms. The second kappa shape index (κ2) is 14.1. The molecule has 1 N–H and O–H groups in total. The van der Waals surface area contributed by atoms with Gasteiger partial charge in [-0.05, 0) is 91.4 Å². The summed E-state index contributed by atoms with van der Waals surface area (Å²) in [4.78, 5) is 21.7. The van der Waals surface area contributed by atoms with Gasteiger partial charge in [-0.2, -0.15) is 0 Å². The molecule has 9 heteroatoms. The summed E-state index contributed by atoms with van der Waals surface area (Å²) >= 11 is 3.71. The molecule has 2 fully saturated rings. The van der Waals surface area contributed by atoms with E-state index in [1.54, 1.807) is 18.4 Å². The zero-order valence-electron chi connectivity index (χ0n) is 23.5. The number of carboxylic acid groups (broad SMARTS) is 1. The molecule has 216 valence electrons. The van der Waals surface area contributed by atoms with Crippen LogP contribution in [0.3, 0.4) is 0 Å². The molecule has 0 saturated carbocycles. The fourth-order valence-electron chi connectivity index (χ4n) is 6.17. The Kier molecular flexibility index (Phi) is 10.4. The van der Waals surface area contributed by atoms with Gasteiger partial charge >= 0.3 is 5.97 Å². The van der Waals surface area contributed by atoms with Gasteiger partial charge in [0.05, 0.1) is 36.5 Å². The third-order valence-electron chi connectivity index (χ3n) is 8.50. The highest BCUT2D eigenvalue weighted by Crippen LogP contribution is 2.41. The number of likely N-dealkylation sites (tertiary alicyclic amines) is 1. The molecule has 40 heavy (non-hydrogen) atoms. The van der Waals surface area contributed by atoms with Crippen LogP contribution >= 0.6 is 23.1 Å². The topological polar surface area (TPSA) is 75.1 Å². The quantitative estimate of drug-likeness (QED) is 0.253. The minimum atomic E-state index is -0.672. The van der Waals surface area contributed by atoms with Crippen molar-refractivity contribution in [2.45, 2.75) is 49.3 Å². The first-order valence-corrected chi connectivity index (χ1v) is 16.3. The maximum absolute atomic E-state index is 12.0. The van der Waals surface area contributed by atoms with Gasteiger partial charge in [-0.3, -0.25) is 14.7 Å². The number of morpholine rings is 1. The summed E-state index contributed by atoms with van der Waals surface area (Å²) < 4.78 is 12.5. The van der Waals surface area contributed by atoms with Crippen LogP contribution in [0.25, 0.3) is 10.9 Å². The predicted octanol–water partition coefficient (Wildman–Crippen LogP) is 5.81. The smallest absolute Gasteiger partial charge is 0.303 e. The van der Waals surface area contributed by atoms with Crippen molar-refractivity contribution in [2.75, 3.05) is 58.8 Å². The lowest BCUT2D eigenvalue weighted by molar-refractivity contribution is -0.140. The van der Waals surface area contributed by atoms with Crippen LogP contribution in [0.5, 0.6) is 5.75 Å². The normalized spacial score (nSPS) is 18.2. The van der Waals surface area contributed by atoms with Crippen molar-refractivity contribution in [1.29, 1.82) is 0 Å². The summed E-state index contributed by atoms with van der Waals surface area (Å²) in [6.45, 7) is 7.28. The van der Waals surface area contributed by atoms with Gasteiger partial charge in [-0.15, -0.1) is 23.1 Å². The Labute approximate surface area is 245 Å². The lowest BCUT2D eigenvalue weighted by Gasteiger charge is -2.41. The van der Waals surface area contributed by atoms with E-state index >= 15 is 0 Å².